The first kappa shape index (κ1) is 9.55. The van der Waals surface area contributed by atoms with Crippen LogP contribution in [-0.4, -0.2) is 8.42 Å². The summed E-state index contributed by atoms with van der Waals surface area (Å²) < 4.78 is 28.4. The molecule has 0 saturated heterocycles. The van der Waals surface area contributed by atoms with Gasteiger partial charge in [-0.3, -0.25) is 0 Å². The summed E-state index contributed by atoms with van der Waals surface area (Å²) in [5, 5.41) is 1.55. The second kappa shape index (κ2) is 3.00. The second-order valence-electron chi connectivity index (χ2n) is 2.97. The number of hydrogen-bond donors (Lipinski definition) is 0. The molecule has 0 radical (unpaired) electrons. The van der Waals surface area contributed by atoms with Crippen LogP contribution in [0.15, 0.2) is 34.3 Å². The van der Waals surface area contributed by atoms with Gasteiger partial charge in [-0.05, 0) is 19.1 Å². The molecule has 1 aromatic rings. The van der Waals surface area contributed by atoms with Gasteiger partial charge in [0.05, 0.1) is 5.41 Å². The van der Waals surface area contributed by atoms with Crippen molar-refractivity contribution in [2.24, 2.45) is 0 Å². The molecule has 1 heterocycles. The van der Waals surface area contributed by atoms with E-state index in [0.717, 1.165) is 5.41 Å². The van der Waals surface area contributed by atoms with Gasteiger partial charge in [-0.25, -0.2) is 8.42 Å². The third kappa shape index (κ3) is 1.51. The molecule has 0 spiro atoms. The van der Waals surface area contributed by atoms with Crippen LogP contribution in [0, 0.1) is 0 Å². The Labute approximate surface area is 86.9 Å². The molecule has 0 fully saturated rings. The number of allylic oxidation sites excluding steroid dienone is 1. The number of halogens is 1. The lowest BCUT2D eigenvalue weighted by Gasteiger charge is -2.15. The molecule has 1 aliphatic heterocycles. The highest BCUT2D eigenvalue weighted by molar-refractivity contribution is 7.94. The number of ether oxygens (including phenoxy) is 1. The van der Waals surface area contributed by atoms with Crippen molar-refractivity contribution in [3.8, 4) is 5.75 Å². The maximum atomic E-state index is 11.6. The number of rotatable bonds is 0. The third-order valence-corrected chi connectivity index (χ3v) is 3.63. The highest BCUT2D eigenvalue weighted by Crippen LogP contribution is 2.33. The Hall–Kier alpha value is -1.00. The molecule has 1 aromatic carbocycles. The van der Waals surface area contributed by atoms with Crippen molar-refractivity contribution >= 4 is 21.4 Å². The predicted molar refractivity (Wildman–Crippen MR) is 53.0 cm³/mol. The van der Waals surface area contributed by atoms with E-state index in [0.29, 0.717) is 10.8 Å². The van der Waals surface area contributed by atoms with Crippen LogP contribution in [-0.2, 0) is 9.84 Å². The summed E-state index contributed by atoms with van der Waals surface area (Å²) in [5.74, 6) is 0.636. The summed E-state index contributed by atoms with van der Waals surface area (Å²) >= 11 is 5.72. The van der Waals surface area contributed by atoms with Crippen LogP contribution < -0.4 is 4.74 Å². The predicted octanol–water partition coefficient (Wildman–Crippen LogP) is 2.37. The highest BCUT2D eigenvalue weighted by atomic mass is 35.5. The van der Waals surface area contributed by atoms with Crippen molar-refractivity contribution in [1.82, 2.24) is 0 Å². The Morgan fingerprint density at radius 2 is 2.07 bits per heavy atom. The van der Waals surface area contributed by atoms with E-state index >= 15 is 0 Å². The molecule has 1 aliphatic rings. The van der Waals surface area contributed by atoms with Gasteiger partial charge in [0.25, 0.3) is 0 Å². The van der Waals surface area contributed by atoms with E-state index in [4.69, 9.17) is 16.3 Å². The Kier molecular flexibility index (Phi) is 2.05. The summed E-state index contributed by atoms with van der Waals surface area (Å²) in [6.07, 6.45) is 0. The number of hydrogen-bond acceptors (Lipinski definition) is 3. The van der Waals surface area contributed by atoms with Gasteiger partial charge in [-0.15, -0.1) is 0 Å². The maximum Gasteiger partial charge on any atom is 0.206 e. The molecular weight excluding hydrogens is 224 g/mol. The quantitative estimate of drug-likeness (QED) is 0.687. The van der Waals surface area contributed by atoms with Gasteiger partial charge < -0.3 is 4.74 Å². The van der Waals surface area contributed by atoms with Gasteiger partial charge in [0.1, 0.15) is 16.4 Å². The van der Waals surface area contributed by atoms with E-state index in [-0.39, 0.29) is 10.6 Å². The summed E-state index contributed by atoms with van der Waals surface area (Å²) in [4.78, 5) is 0.160. The van der Waals surface area contributed by atoms with Crippen molar-refractivity contribution in [2.75, 3.05) is 0 Å². The SMILES string of the molecule is CC1=CS(=O)(=O)c2ccc(Cl)cc2O1. The highest BCUT2D eigenvalue weighted by Gasteiger charge is 2.23. The lowest BCUT2D eigenvalue weighted by atomic mass is 10.3. The van der Waals surface area contributed by atoms with Crippen LogP contribution in [0.5, 0.6) is 5.75 Å². The first-order chi connectivity index (χ1) is 6.49. The Morgan fingerprint density at radius 3 is 2.79 bits per heavy atom. The zero-order valence-corrected chi connectivity index (χ0v) is 8.89. The van der Waals surface area contributed by atoms with E-state index in [1.165, 1.54) is 18.2 Å². The molecule has 0 aromatic heterocycles. The fraction of sp³-hybridized carbons (Fsp3) is 0.111. The minimum atomic E-state index is -3.35. The van der Waals surface area contributed by atoms with Crippen LogP contribution in [0.4, 0.5) is 0 Å². The van der Waals surface area contributed by atoms with Gasteiger partial charge >= 0.3 is 0 Å². The molecular formula is C9H7ClO3S. The molecule has 74 valence electrons. The first-order valence-corrected chi connectivity index (χ1v) is 5.82. The van der Waals surface area contributed by atoms with Crippen molar-refractivity contribution in [1.29, 1.82) is 0 Å². The fourth-order valence-corrected chi connectivity index (χ4v) is 2.69. The molecule has 14 heavy (non-hydrogen) atoms. The molecule has 0 N–H and O–H groups in total. The van der Waals surface area contributed by atoms with E-state index in [1.54, 1.807) is 6.92 Å². The third-order valence-electron chi connectivity index (χ3n) is 1.80. The van der Waals surface area contributed by atoms with Gasteiger partial charge in [0.15, 0.2) is 0 Å². The van der Waals surface area contributed by atoms with Gasteiger partial charge in [-0.2, -0.15) is 0 Å². The fourth-order valence-electron chi connectivity index (χ4n) is 1.28. The smallest absolute Gasteiger partial charge is 0.206 e. The van der Waals surface area contributed by atoms with Crippen molar-refractivity contribution in [3.05, 3.63) is 34.4 Å². The topological polar surface area (TPSA) is 43.4 Å². The molecule has 3 nitrogen and oxygen atoms in total. The average Bonchev–Trinajstić information content (AvgIpc) is 2.00. The zero-order chi connectivity index (χ0) is 10.3. The lowest BCUT2D eigenvalue weighted by Crippen LogP contribution is -2.08. The Bertz CT molecular complexity index is 517. The van der Waals surface area contributed by atoms with Crippen LogP contribution in [0.2, 0.25) is 5.02 Å². The standard InChI is InChI=1S/C9H7ClO3S/c1-6-5-14(11,12)9-3-2-7(10)4-8(9)13-6/h2-5H,1H3. The van der Waals surface area contributed by atoms with E-state index in [1.807, 2.05) is 0 Å². The van der Waals surface area contributed by atoms with E-state index in [9.17, 15) is 8.42 Å². The molecule has 0 bridgehead atoms. The lowest BCUT2D eigenvalue weighted by molar-refractivity contribution is 0.411. The number of sulfone groups is 1. The number of benzene rings is 1. The van der Waals surface area contributed by atoms with Crippen LogP contribution in [0.25, 0.3) is 0 Å². The second-order valence-corrected chi connectivity index (χ2v) is 5.17. The average molecular weight is 231 g/mol. The minimum Gasteiger partial charge on any atom is -0.460 e. The van der Waals surface area contributed by atoms with E-state index < -0.39 is 9.84 Å². The van der Waals surface area contributed by atoms with Crippen molar-refractivity contribution < 1.29 is 13.2 Å². The normalized spacial score (nSPS) is 18.0. The van der Waals surface area contributed by atoms with Crippen LogP contribution >= 0.6 is 11.6 Å². The van der Waals surface area contributed by atoms with Gasteiger partial charge in [0.2, 0.25) is 9.84 Å². The summed E-state index contributed by atoms with van der Waals surface area (Å²) in [6, 6.07) is 4.46. The summed E-state index contributed by atoms with van der Waals surface area (Å²) in [5.41, 5.74) is 0. The number of fused-ring (bicyclic) bond motifs is 1. The molecule has 0 saturated carbocycles. The Balaban J connectivity index is 2.71. The largest absolute Gasteiger partial charge is 0.460 e. The monoisotopic (exact) mass is 230 g/mol. The van der Waals surface area contributed by atoms with Crippen LogP contribution in [0.1, 0.15) is 6.92 Å². The molecule has 2 rings (SSSR count). The Morgan fingerprint density at radius 1 is 1.36 bits per heavy atom. The zero-order valence-electron chi connectivity index (χ0n) is 7.32. The molecule has 0 aliphatic carbocycles. The molecule has 0 unspecified atom stereocenters. The maximum absolute atomic E-state index is 11.6. The molecule has 0 atom stereocenters. The van der Waals surface area contributed by atoms with E-state index in [2.05, 4.69) is 0 Å². The molecule has 5 heteroatoms. The van der Waals surface area contributed by atoms with Crippen LogP contribution in [0.3, 0.4) is 0 Å². The van der Waals surface area contributed by atoms with Crippen molar-refractivity contribution in [2.45, 2.75) is 11.8 Å². The van der Waals surface area contributed by atoms with Gasteiger partial charge in [0, 0.05) is 11.1 Å². The minimum absolute atomic E-state index is 0.160. The van der Waals surface area contributed by atoms with Crippen molar-refractivity contribution in [3.63, 3.8) is 0 Å². The summed E-state index contributed by atoms with van der Waals surface area (Å²) in [7, 11) is -3.35. The summed E-state index contributed by atoms with van der Waals surface area (Å²) in [6.45, 7) is 1.58. The first-order valence-electron chi connectivity index (χ1n) is 3.90. The van der Waals surface area contributed by atoms with Gasteiger partial charge in [-0.1, -0.05) is 11.6 Å². The molecule has 0 amide bonds.